The number of nitrogens with zero attached hydrogens (tertiary/aromatic N) is 3. The molecule has 0 aliphatic heterocycles. The molecule has 1 aromatic heterocycles. The lowest BCUT2D eigenvalue weighted by Crippen LogP contribution is -2.10. The van der Waals surface area contributed by atoms with Crippen LogP contribution in [0.1, 0.15) is 35.4 Å². The number of aryl methyl sites for hydroxylation is 1. The first-order valence-corrected chi connectivity index (χ1v) is 6.42. The van der Waals surface area contributed by atoms with E-state index < -0.39 is 16.6 Å². The predicted octanol–water partition coefficient (Wildman–Crippen LogP) is 0.632. The molecule has 1 N–H and O–H groups in total. The van der Waals surface area contributed by atoms with Crippen molar-refractivity contribution in [1.29, 1.82) is 0 Å². The third-order valence-electron chi connectivity index (χ3n) is 2.63. The second-order valence-electron chi connectivity index (χ2n) is 4.15. The molecule has 0 amide bonds. The monoisotopic (exact) mass is 305 g/mol. The summed E-state index contributed by atoms with van der Waals surface area (Å²) in [7, 11) is 2.52. The van der Waals surface area contributed by atoms with E-state index in [4.69, 9.17) is 5.11 Å². The number of carbonyl (C=O) groups excluding carboxylic acids is 1. The molecule has 0 aliphatic rings. The molecule has 0 aliphatic carbocycles. The van der Waals surface area contributed by atoms with Gasteiger partial charge in [0, 0.05) is 20.1 Å². The van der Waals surface area contributed by atoms with Crippen LogP contribution < -0.4 is 0 Å². The Kier molecular flexibility index (Phi) is 6.61. The van der Waals surface area contributed by atoms with E-state index in [1.165, 1.54) is 7.05 Å². The molecular formula is C14H15N3O5. The molecule has 0 aromatic carbocycles. The number of carbonyl (C=O) groups is 1. The van der Waals surface area contributed by atoms with Crippen molar-refractivity contribution >= 4 is 11.7 Å². The number of hydrogen-bond acceptors (Lipinski definition) is 6. The van der Waals surface area contributed by atoms with E-state index in [1.807, 2.05) is 0 Å². The number of aliphatic hydroxyl groups is 1. The van der Waals surface area contributed by atoms with E-state index in [-0.39, 0.29) is 18.0 Å². The van der Waals surface area contributed by atoms with Crippen molar-refractivity contribution in [1.82, 2.24) is 9.78 Å². The zero-order chi connectivity index (χ0) is 16.5. The van der Waals surface area contributed by atoms with Crippen molar-refractivity contribution in [3.63, 3.8) is 0 Å². The van der Waals surface area contributed by atoms with Crippen molar-refractivity contribution in [2.75, 3.05) is 13.7 Å². The van der Waals surface area contributed by atoms with Gasteiger partial charge < -0.3 is 9.84 Å². The maximum Gasteiger partial charge on any atom is 0.363 e. The number of aliphatic hydroxyl groups excluding tert-OH is 1. The largest absolute Gasteiger partial charge is 0.464 e. The number of aromatic nitrogens is 2. The first-order valence-electron chi connectivity index (χ1n) is 6.42. The second kappa shape index (κ2) is 8.45. The Hall–Kier alpha value is -2.84. The van der Waals surface area contributed by atoms with E-state index in [0.29, 0.717) is 12.8 Å². The molecule has 1 heterocycles. The summed E-state index contributed by atoms with van der Waals surface area (Å²) in [6.45, 7) is 0.115. The number of methoxy groups -OCH3 is 1. The summed E-state index contributed by atoms with van der Waals surface area (Å²) in [5.74, 6) is 9.39. The molecule has 0 saturated carbocycles. The third-order valence-corrected chi connectivity index (χ3v) is 2.63. The van der Waals surface area contributed by atoms with Gasteiger partial charge in [0.25, 0.3) is 0 Å². The van der Waals surface area contributed by atoms with Gasteiger partial charge in [0.1, 0.15) is 0 Å². The van der Waals surface area contributed by atoms with Gasteiger partial charge in [0.05, 0.1) is 12.0 Å². The average molecular weight is 305 g/mol. The highest BCUT2D eigenvalue weighted by Crippen LogP contribution is 2.22. The van der Waals surface area contributed by atoms with Crippen molar-refractivity contribution in [2.24, 2.45) is 7.05 Å². The van der Waals surface area contributed by atoms with Crippen LogP contribution in [0.4, 0.5) is 5.69 Å². The van der Waals surface area contributed by atoms with Crippen molar-refractivity contribution in [2.45, 2.75) is 19.3 Å². The maximum absolute atomic E-state index is 11.6. The third kappa shape index (κ3) is 4.33. The minimum atomic E-state index is -0.857. The highest BCUT2D eigenvalue weighted by Gasteiger charge is 2.31. The number of unbranched alkanes of at least 4 members (excludes halogenated alkanes) is 2. The Labute approximate surface area is 127 Å². The van der Waals surface area contributed by atoms with E-state index >= 15 is 0 Å². The standard InChI is InChI=1S/C14H15N3O5/c1-16-13(14(19)22-2)12(17(20)21)11(15-16)9-7-5-3-4-6-8-10-18/h18H,4,6,8,10H2,1-2H3. The van der Waals surface area contributed by atoms with Gasteiger partial charge in [-0.25, -0.2) is 4.79 Å². The SMILES string of the molecule is COC(=O)c1c([N+](=O)[O-])c(C#CC#CCCCCO)nn1C. The summed E-state index contributed by atoms with van der Waals surface area (Å²) >= 11 is 0. The van der Waals surface area contributed by atoms with Crippen molar-refractivity contribution in [3.8, 4) is 23.7 Å². The molecular weight excluding hydrogens is 290 g/mol. The molecule has 1 rings (SSSR count). The van der Waals surface area contributed by atoms with Gasteiger partial charge in [-0.1, -0.05) is 5.92 Å². The number of nitro groups is 1. The molecule has 116 valence electrons. The first-order chi connectivity index (χ1) is 10.5. The summed E-state index contributed by atoms with van der Waals surface area (Å²) in [6, 6.07) is 0. The fourth-order valence-electron chi connectivity index (χ4n) is 1.62. The predicted molar refractivity (Wildman–Crippen MR) is 76.8 cm³/mol. The van der Waals surface area contributed by atoms with Crippen LogP contribution in [0.2, 0.25) is 0 Å². The molecule has 8 heteroatoms. The van der Waals surface area contributed by atoms with Crippen LogP contribution in [0.3, 0.4) is 0 Å². The molecule has 0 bridgehead atoms. The van der Waals surface area contributed by atoms with E-state index in [9.17, 15) is 14.9 Å². The molecule has 0 fully saturated rings. The Morgan fingerprint density at radius 3 is 2.77 bits per heavy atom. The van der Waals surface area contributed by atoms with Crippen LogP contribution >= 0.6 is 0 Å². The molecule has 0 saturated heterocycles. The van der Waals surface area contributed by atoms with Gasteiger partial charge in [-0.05, 0) is 30.6 Å². The Morgan fingerprint density at radius 2 is 2.18 bits per heavy atom. The minimum absolute atomic E-state index is 0.115. The lowest BCUT2D eigenvalue weighted by Gasteiger charge is -1.97. The van der Waals surface area contributed by atoms with E-state index in [2.05, 4.69) is 33.5 Å². The second-order valence-corrected chi connectivity index (χ2v) is 4.15. The van der Waals surface area contributed by atoms with Crippen LogP contribution in [0.25, 0.3) is 0 Å². The average Bonchev–Trinajstić information content (AvgIpc) is 2.82. The lowest BCUT2D eigenvalue weighted by atomic mass is 10.2. The fraction of sp³-hybridized carbons (Fsp3) is 0.429. The number of rotatable bonds is 5. The van der Waals surface area contributed by atoms with Crippen LogP contribution in [-0.2, 0) is 11.8 Å². The quantitative estimate of drug-likeness (QED) is 0.281. The summed E-state index contributed by atoms with van der Waals surface area (Å²) < 4.78 is 5.56. The zero-order valence-electron chi connectivity index (χ0n) is 12.3. The smallest absolute Gasteiger partial charge is 0.363 e. The first kappa shape index (κ1) is 17.2. The van der Waals surface area contributed by atoms with E-state index in [0.717, 1.165) is 18.2 Å². The summed E-state index contributed by atoms with van der Waals surface area (Å²) in [6.07, 6.45) is 1.99. The summed E-state index contributed by atoms with van der Waals surface area (Å²) in [4.78, 5) is 21.9. The van der Waals surface area contributed by atoms with Crippen molar-refractivity contribution in [3.05, 3.63) is 21.5 Å². The molecule has 8 nitrogen and oxygen atoms in total. The topological polar surface area (TPSA) is 107 Å². The molecule has 22 heavy (non-hydrogen) atoms. The summed E-state index contributed by atoms with van der Waals surface area (Å²) in [5, 5.41) is 23.6. The molecule has 0 unspecified atom stereocenters. The maximum atomic E-state index is 11.6. The van der Waals surface area contributed by atoms with Crippen LogP contribution in [0.15, 0.2) is 0 Å². The summed E-state index contributed by atoms with van der Waals surface area (Å²) in [5.41, 5.74) is -0.908. The molecule has 1 aromatic rings. The number of hydrogen-bond donors (Lipinski definition) is 1. The van der Waals surface area contributed by atoms with Gasteiger partial charge in [-0.15, -0.1) is 0 Å². The highest BCUT2D eigenvalue weighted by molar-refractivity contribution is 5.93. The van der Waals surface area contributed by atoms with Gasteiger partial charge in [-0.2, -0.15) is 5.10 Å². The molecule has 0 atom stereocenters. The normalized spacial score (nSPS) is 9.23. The highest BCUT2D eigenvalue weighted by atomic mass is 16.6. The Balaban J connectivity index is 3.02. The van der Waals surface area contributed by atoms with Crippen LogP contribution in [-0.4, -0.2) is 39.5 Å². The van der Waals surface area contributed by atoms with E-state index in [1.54, 1.807) is 0 Å². The van der Waals surface area contributed by atoms with Gasteiger partial charge in [0.15, 0.2) is 0 Å². The fourth-order valence-corrected chi connectivity index (χ4v) is 1.62. The van der Waals surface area contributed by atoms with Crippen molar-refractivity contribution < 1.29 is 19.6 Å². The Bertz CT molecular complexity index is 685. The van der Waals surface area contributed by atoms with Gasteiger partial charge >= 0.3 is 11.7 Å². The zero-order valence-corrected chi connectivity index (χ0v) is 12.3. The molecule has 0 radical (unpaired) electrons. The van der Waals surface area contributed by atoms with Gasteiger partial charge in [-0.3, -0.25) is 14.8 Å². The Morgan fingerprint density at radius 1 is 1.45 bits per heavy atom. The lowest BCUT2D eigenvalue weighted by molar-refractivity contribution is -0.385. The molecule has 0 spiro atoms. The van der Waals surface area contributed by atoms with Crippen LogP contribution in [0, 0.1) is 33.8 Å². The van der Waals surface area contributed by atoms with Gasteiger partial charge in [0.2, 0.25) is 11.4 Å². The number of ether oxygens (including phenoxy) is 1. The van der Waals surface area contributed by atoms with Crippen LogP contribution in [0.5, 0.6) is 0 Å². The minimum Gasteiger partial charge on any atom is -0.464 e. The number of esters is 1.